The van der Waals surface area contributed by atoms with Crippen molar-refractivity contribution in [1.29, 1.82) is 0 Å². The first kappa shape index (κ1) is 19.0. The number of rotatable bonds is 5. The van der Waals surface area contributed by atoms with Gasteiger partial charge >= 0.3 is 0 Å². The summed E-state index contributed by atoms with van der Waals surface area (Å²) in [5.74, 6) is 0.432. The summed E-state index contributed by atoms with van der Waals surface area (Å²) < 4.78 is 5.19. The number of nitrogens with zero attached hydrogens (tertiary/aromatic N) is 2. The zero-order chi connectivity index (χ0) is 18.6. The summed E-state index contributed by atoms with van der Waals surface area (Å²) in [7, 11) is 4.24. The lowest BCUT2D eigenvalue weighted by Gasteiger charge is -2.43. The van der Waals surface area contributed by atoms with E-state index in [2.05, 4.69) is 24.3 Å². The molecule has 0 atom stereocenters. The van der Waals surface area contributed by atoms with Gasteiger partial charge < -0.3 is 19.5 Å². The molecule has 1 aliphatic heterocycles. The third kappa shape index (κ3) is 4.11. The summed E-state index contributed by atoms with van der Waals surface area (Å²) in [4.78, 5) is 29.0. The Morgan fingerprint density at radius 3 is 2.50 bits per heavy atom. The minimum atomic E-state index is -0.0809. The molecule has 1 saturated heterocycles. The van der Waals surface area contributed by atoms with Crippen molar-refractivity contribution < 1.29 is 14.0 Å². The molecule has 3 rings (SSSR count). The van der Waals surface area contributed by atoms with Gasteiger partial charge in [0.05, 0.1) is 6.26 Å². The maximum absolute atomic E-state index is 12.7. The Labute approximate surface area is 155 Å². The molecule has 2 amide bonds. The van der Waals surface area contributed by atoms with E-state index in [4.69, 9.17) is 4.42 Å². The Morgan fingerprint density at radius 1 is 1.23 bits per heavy atom. The normalized spacial score (nSPS) is 21.0. The van der Waals surface area contributed by atoms with E-state index in [1.807, 2.05) is 0 Å². The highest BCUT2D eigenvalue weighted by atomic mass is 16.3. The third-order valence-electron chi connectivity index (χ3n) is 6.21. The van der Waals surface area contributed by atoms with Crippen molar-refractivity contribution in [2.24, 2.45) is 5.92 Å². The van der Waals surface area contributed by atoms with Crippen LogP contribution >= 0.6 is 0 Å². The summed E-state index contributed by atoms with van der Waals surface area (Å²) >= 11 is 0. The van der Waals surface area contributed by atoms with Crippen molar-refractivity contribution >= 4 is 11.8 Å². The van der Waals surface area contributed by atoms with Crippen LogP contribution in [0.2, 0.25) is 0 Å². The van der Waals surface area contributed by atoms with E-state index < -0.39 is 0 Å². The number of likely N-dealkylation sites (tertiary alicyclic amines) is 1. The fourth-order valence-electron chi connectivity index (χ4n) is 4.29. The van der Waals surface area contributed by atoms with Crippen LogP contribution in [0.1, 0.15) is 55.5 Å². The Morgan fingerprint density at radius 2 is 1.92 bits per heavy atom. The van der Waals surface area contributed by atoms with E-state index in [9.17, 15) is 9.59 Å². The lowest BCUT2D eigenvalue weighted by Crippen LogP contribution is -2.55. The zero-order valence-corrected chi connectivity index (χ0v) is 16.0. The molecule has 1 aromatic rings. The zero-order valence-electron chi connectivity index (χ0n) is 16.0. The number of nitrogens with one attached hydrogen (secondary N) is 1. The smallest absolute Gasteiger partial charge is 0.289 e. The van der Waals surface area contributed by atoms with Crippen LogP contribution in [-0.4, -0.2) is 60.9 Å². The van der Waals surface area contributed by atoms with Gasteiger partial charge in [0.1, 0.15) is 0 Å². The minimum Gasteiger partial charge on any atom is -0.459 e. The lowest BCUT2D eigenvalue weighted by atomic mass is 9.80. The van der Waals surface area contributed by atoms with Gasteiger partial charge in [0.15, 0.2) is 5.76 Å². The first-order chi connectivity index (χ1) is 12.5. The summed E-state index contributed by atoms with van der Waals surface area (Å²) in [5.41, 5.74) is 0.101. The average Bonchev–Trinajstić information content (AvgIpc) is 3.21. The number of carbonyl (C=O) groups excluding carboxylic acids is 2. The lowest BCUT2D eigenvalue weighted by molar-refractivity contribution is -0.127. The van der Waals surface area contributed by atoms with Crippen molar-refractivity contribution in [3.8, 4) is 0 Å². The van der Waals surface area contributed by atoms with Crippen LogP contribution < -0.4 is 5.32 Å². The maximum atomic E-state index is 12.7. The minimum absolute atomic E-state index is 0.00143. The maximum Gasteiger partial charge on any atom is 0.289 e. The SMILES string of the molecule is CN(C)C1(CNC(=O)C2CCN(C(=O)c3ccco3)CC2)CCCCC1. The summed E-state index contributed by atoms with van der Waals surface area (Å²) in [6, 6.07) is 3.41. The van der Waals surface area contributed by atoms with E-state index in [0.29, 0.717) is 31.7 Å². The molecular weight excluding hydrogens is 330 g/mol. The molecule has 6 nitrogen and oxygen atoms in total. The van der Waals surface area contributed by atoms with E-state index in [1.165, 1.54) is 25.5 Å². The van der Waals surface area contributed by atoms with Crippen molar-refractivity contribution in [2.75, 3.05) is 33.7 Å². The predicted octanol–water partition coefficient (Wildman–Crippen LogP) is 2.51. The highest BCUT2D eigenvalue weighted by Crippen LogP contribution is 2.31. The van der Waals surface area contributed by atoms with Crippen molar-refractivity contribution in [2.45, 2.75) is 50.5 Å². The number of hydrogen-bond donors (Lipinski definition) is 1. The molecule has 1 aliphatic carbocycles. The summed E-state index contributed by atoms with van der Waals surface area (Å²) in [6.07, 6.45) is 9.01. The molecule has 6 heteroatoms. The monoisotopic (exact) mass is 361 g/mol. The Balaban J connectivity index is 1.48. The first-order valence-corrected chi connectivity index (χ1v) is 9.80. The van der Waals surface area contributed by atoms with E-state index in [0.717, 1.165) is 19.4 Å². The summed E-state index contributed by atoms with van der Waals surface area (Å²) in [5, 5.41) is 3.21. The van der Waals surface area contributed by atoms with Crippen LogP contribution in [0, 0.1) is 5.92 Å². The molecule has 2 heterocycles. The Bertz CT molecular complexity index is 598. The Hall–Kier alpha value is -1.82. The van der Waals surface area contributed by atoms with Gasteiger partial charge in [0.2, 0.25) is 5.91 Å². The van der Waals surface area contributed by atoms with Gasteiger partial charge in [-0.3, -0.25) is 9.59 Å². The van der Waals surface area contributed by atoms with Gasteiger partial charge in [-0.15, -0.1) is 0 Å². The van der Waals surface area contributed by atoms with Gasteiger partial charge in [-0.1, -0.05) is 19.3 Å². The second-order valence-corrected chi connectivity index (χ2v) is 7.94. The van der Waals surface area contributed by atoms with Crippen molar-refractivity contribution in [1.82, 2.24) is 15.1 Å². The van der Waals surface area contributed by atoms with Gasteiger partial charge in [-0.2, -0.15) is 0 Å². The predicted molar refractivity (Wildman–Crippen MR) is 99.8 cm³/mol. The van der Waals surface area contributed by atoms with Crippen LogP contribution in [0.15, 0.2) is 22.8 Å². The van der Waals surface area contributed by atoms with E-state index in [-0.39, 0.29) is 23.3 Å². The highest BCUT2D eigenvalue weighted by molar-refractivity contribution is 5.91. The quantitative estimate of drug-likeness (QED) is 0.875. The molecule has 2 aliphatic rings. The Kier molecular flexibility index (Phi) is 6.01. The fraction of sp³-hybridized carbons (Fsp3) is 0.700. The molecule has 1 aromatic heterocycles. The summed E-state index contributed by atoms with van der Waals surface area (Å²) in [6.45, 7) is 1.94. The number of furan rings is 1. The van der Waals surface area contributed by atoms with Crippen molar-refractivity contribution in [3.05, 3.63) is 24.2 Å². The topological polar surface area (TPSA) is 65.8 Å². The molecule has 1 saturated carbocycles. The molecule has 26 heavy (non-hydrogen) atoms. The molecule has 0 aromatic carbocycles. The molecular formula is C20H31N3O3. The number of amides is 2. The van der Waals surface area contributed by atoms with Crippen molar-refractivity contribution in [3.63, 3.8) is 0 Å². The van der Waals surface area contributed by atoms with Crippen LogP contribution in [0.5, 0.6) is 0 Å². The van der Waals surface area contributed by atoms with Gasteiger partial charge in [-0.25, -0.2) is 0 Å². The molecule has 0 spiro atoms. The standard InChI is InChI=1S/C20H31N3O3/c1-22(2)20(10-4-3-5-11-20)15-21-18(24)16-8-12-23(13-9-16)19(25)17-7-6-14-26-17/h6-7,14,16H,3-5,8-13,15H2,1-2H3,(H,21,24). The fourth-order valence-corrected chi connectivity index (χ4v) is 4.29. The van der Waals surface area contributed by atoms with Gasteiger partial charge in [0.25, 0.3) is 5.91 Å². The number of hydrogen-bond acceptors (Lipinski definition) is 4. The van der Waals surface area contributed by atoms with Gasteiger partial charge in [0, 0.05) is 31.1 Å². The number of carbonyl (C=O) groups is 2. The molecule has 0 radical (unpaired) electrons. The van der Waals surface area contributed by atoms with Crippen LogP contribution in [0.4, 0.5) is 0 Å². The highest BCUT2D eigenvalue weighted by Gasteiger charge is 2.35. The first-order valence-electron chi connectivity index (χ1n) is 9.80. The third-order valence-corrected chi connectivity index (χ3v) is 6.21. The largest absolute Gasteiger partial charge is 0.459 e. The average molecular weight is 361 g/mol. The number of likely N-dealkylation sites (N-methyl/N-ethyl adjacent to an activating group) is 1. The van der Waals surface area contributed by atoms with Crippen LogP contribution in [0.3, 0.4) is 0 Å². The second-order valence-electron chi connectivity index (χ2n) is 7.94. The second kappa shape index (κ2) is 8.25. The number of piperidine rings is 1. The van der Waals surface area contributed by atoms with E-state index in [1.54, 1.807) is 17.0 Å². The molecule has 2 fully saturated rings. The van der Waals surface area contributed by atoms with Gasteiger partial charge in [-0.05, 0) is 51.9 Å². The van der Waals surface area contributed by atoms with Crippen LogP contribution in [-0.2, 0) is 4.79 Å². The van der Waals surface area contributed by atoms with E-state index >= 15 is 0 Å². The molecule has 1 N–H and O–H groups in total. The molecule has 0 bridgehead atoms. The van der Waals surface area contributed by atoms with Crippen LogP contribution in [0.25, 0.3) is 0 Å². The molecule has 0 unspecified atom stereocenters. The molecule has 144 valence electrons.